The normalized spacial score (nSPS) is 9.36. The molecule has 1 radical (unpaired) electrons. The Morgan fingerprint density at radius 2 is 1.79 bits per heavy atom. The molecule has 0 nitrogen and oxygen atoms in total. The fourth-order valence-electron chi connectivity index (χ4n) is 1.41. The SMILES string of the molecule is C#Cc1[c]cccc1-c1ccccc1. The summed E-state index contributed by atoms with van der Waals surface area (Å²) in [7, 11) is 0. The monoisotopic (exact) mass is 177 g/mol. The van der Waals surface area contributed by atoms with Crippen LogP contribution in [0.15, 0.2) is 48.5 Å². The van der Waals surface area contributed by atoms with Gasteiger partial charge in [-0.05, 0) is 17.2 Å². The van der Waals surface area contributed by atoms with Gasteiger partial charge in [0.15, 0.2) is 0 Å². The van der Waals surface area contributed by atoms with E-state index in [4.69, 9.17) is 6.42 Å². The molecule has 0 unspecified atom stereocenters. The summed E-state index contributed by atoms with van der Waals surface area (Å²) >= 11 is 0. The van der Waals surface area contributed by atoms with E-state index in [2.05, 4.69) is 12.0 Å². The van der Waals surface area contributed by atoms with Gasteiger partial charge >= 0.3 is 0 Å². The lowest BCUT2D eigenvalue weighted by Crippen LogP contribution is -1.82. The summed E-state index contributed by atoms with van der Waals surface area (Å²) < 4.78 is 0. The van der Waals surface area contributed by atoms with Crippen molar-refractivity contribution in [2.45, 2.75) is 0 Å². The van der Waals surface area contributed by atoms with Gasteiger partial charge in [0.25, 0.3) is 0 Å². The predicted molar refractivity (Wildman–Crippen MR) is 58.6 cm³/mol. The van der Waals surface area contributed by atoms with Crippen molar-refractivity contribution >= 4 is 0 Å². The lowest BCUT2D eigenvalue weighted by molar-refractivity contribution is 1.58. The average Bonchev–Trinajstić information content (AvgIpc) is 2.30. The molecule has 0 N–H and O–H groups in total. The van der Waals surface area contributed by atoms with Gasteiger partial charge in [0, 0.05) is 5.56 Å². The molecule has 0 fully saturated rings. The highest BCUT2D eigenvalue weighted by molar-refractivity contribution is 5.70. The van der Waals surface area contributed by atoms with Gasteiger partial charge in [-0.15, -0.1) is 6.42 Å². The van der Waals surface area contributed by atoms with E-state index >= 15 is 0 Å². The zero-order valence-corrected chi connectivity index (χ0v) is 7.70. The molecule has 0 aliphatic carbocycles. The molecule has 0 aliphatic rings. The minimum Gasteiger partial charge on any atom is -0.115 e. The molecular weight excluding hydrogens is 168 g/mol. The van der Waals surface area contributed by atoms with Crippen LogP contribution in [-0.4, -0.2) is 0 Å². The summed E-state index contributed by atoms with van der Waals surface area (Å²) in [5.74, 6) is 2.64. The molecule has 0 heteroatoms. The minimum absolute atomic E-state index is 0.818. The highest BCUT2D eigenvalue weighted by Crippen LogP contribution is 2.21. The largest absolute Gasteiger partial charge is 0.115 e. The van der Waals surface area contributed by atoms with Crippen molar-refractivity contribution in [2.24, 2.45) is 0 Å². The molecule has 0 aliphatic heterocycles. The first-order valence-corrected chi connectivity index (χ1v) is 4.44. The van der Waals surface area contributed by atoms with E-state index in [9.17, 15) is 0 Å². The first kappa shape index (κ1) is 8.59. The smallest absolute Gasteiger partial charge is 0.0399 e. The molecule has 65 valence electrons. The number of rotatable bonds is 1. The number of terminal acetylenes is 1. The van der Waals surface area contributed by atoms with E-state index in [0.29, 0.717) is 0 Å². The van der Waals surface area contributed by atoms with Gasteiger partial charge in [-0.25, -0.2) is 0 Å². The van der Waals surface area contributed by atoms with Crippen LogP contribution in [0.3, 0.4) is 0 Å². The Morgan fingerprint density at radius 1 is 1.00 bits per heavy atom. The Labute approximate surface area is 84.2 Å². The summed E-state index contributed by atoms with van der Waals surface area (Å²) in [4.78, 5) is 0. The van der Waals surface area contributed by atoms with Crippen LogP contribution in [0.5, 0.6) is 0 Å². The van der Waals surface area contributed by atoms with Crippen LogP contribution in [0.4, 0.5) is 0 Å². The summed E-state index contributed by atoms with van der Waals surface area (Å²) in [5.41, 5.74) is 3.02. The second-order valence-corrected chi connectivity index (χ2v) is 2.97. The van der Waals surface area contributed by atoms with Crippen LogP contribution < -0.4 is 0 Å². The highest BCUT2D eigenvalue weighted by Gasteiger charge is 2.00. The average molecular weight is 177 g/mol. The Kier molecular flexibility index (Phi) is 2.34. The zero-order valence-electron chi connectivity index (χ0n) is 7.70. The van der Waals surface area contributed by atoms with Crippen molar-refractivity contribution in [1.29, 1.82) is 0 Å². The summed E-state index contributed by atoms with van der Waals surface area (Å²) in [5, 5.41) is 0. The molecule has 2 rings (SSSR count). The topological polar surface area (TPSA) is 0 Å². The third kappa shape index (κ3) is 1.53. The Balaban J connectivity index is 2.58. The third-order valence-corrected chi connectivity index (χ3v) is 2.09. The van der Waals surface area contributed by atoms with Gasteiger partial charge in [-0.1, -0.05) is 54.5 Å². The van der Waals surface area contributed by atoms with Gasteiger partial charge in [0.05, 0.1) is 0 Å². The van der Waals surface area contributed by atoms with Crippen LogP contribution in [-0.2, 0) is 0 Å². The Bertz CT molecular complexity index is 461. The number of benzene rings is 2. The second kappa shape index (κ2) is 3.81. The van der Waals surface area contributed by atoms with E-state index in [1.54, 1.807) is 0 Å². The minimum atomic E-state index is 0.818. The Morgan fingerprint density at radius 3 is 2.50 bits per heavy atom. The van der Waals surface area contributed by atoms with Crippen LogP contribution in [0.25, 0.3) is 11.1 Å². The lowest BCUT2D eigenvalue weighted by atomic mass is 10.0. The van der Waals surface area contributed by atoms with Crippen LogP contribution in [0.1, 0.15) is 5.56 Å². The first-order chi connectivity index (χ1) is 6.92. The first-order valence-electron chi connectivity index (χ1n) is 4.44. The van der Waals surface area contributed by atoms with E-state index in [1.165, 1.54) is 0 Å². The van der Waals surface area contributed by atoms with Crippen molar-refractivity contribution in [2.75, 3.05) is 0 Å². The molecule has 0 atom stereocenters. The fraction of sp³-hybridized carbons (Fsp3) is 0. The molecule has 0 bridgehead atoms. The quantitative estimate of drug-likeness (QED) is 0.587. The van der Waals surface area contributed by atoms with Crippen LogP contribution in [0, 0.1) is 18.4 Å². The summed E-state index contributed by atoms with van der Waals surface area (Å²) in [6.07, 6.45) is 5.41. The van der Waals surface area contributed by atoms with Gasteiger partial charge < -0.3 is 0 Å². The van der Waals surface area contributed by atoms with Crippen molar-refractivity contribution in [3.05, 3.63) is 60.2 Å². The Hall–Kier alpha value is -2.00. The van der Waals surface area contributed by atoms with Gasteiger partial charge in [0.2, 0.25) is 0 Å². The van der Waals surface area contributed by atoms with Crippen molar-refractivity contribution in [3.63, 3.8) is 0 Å². The van der Waals surface area contributed by atoms with Crippen molar-refractivity contribution in [3.8, 4) is 23.5 Å². The van der Waals surface area contributed by atoms with E-state index in [0.717, 1.165) is 16.7 Å². The van der Waals surface area contributed by atoms with Crippen LogP contribution in [0.2, 0.25) is 0 Å². The molecule has 0 saturated heterocycles. The molecule has 0 saturated carbocycles. The lowest BCUT2D eigenvalue weighted by Gasteiger charge is -2.03. The standard InChI is InChI=1S/C14H9/c1-2-12-8-6-7-11-14(12)13-9-4-3-5-10-13/h1,3-7,9-11H. The number of hydrogen-bond acceptors (Lipinski definition) is 0. The molecular formula is C14H9. The molecule has 2 aromatic carbocycles. The number of hydrogen-bond donors (Lipinski definition) is 0. The van der Waals surface area contributed by atoms with E-state index in [-0.39, 0.29) is 0 Å². The maximum atomic E-state index is 5.41. The summed E-state index contributed by atoms with van der Waals surface area (Å²) in [6, 6.07) is 18.9. The molecule has 0 amide bonds. The molecule has 14 heavy (non-hydrogen) atoms. The summed E-state index contributed by atoms with van der Waals surface area (Å²) in [6.45, 7) is 0. The fourth-order valence-corrected chi connectivity index (χ4v) is 1.41. The second-order valence-electron chi connectivity index (χ2n) is 2.97. The predicted octanol–water partition coefficient (Wildman–Crippen LogP) is 3.14. The zero-order chi connectivity index (χ0) is 9.80. The van der Waals surface area contributed by atoms with Crippen molar-refractivity contribution in [1.82, 2.24) is 0 Å². The third-order valence-electron chi connectivity index (χ3n) is 2.09. The van der Waals surface area contributed by atoms with E-state index in [1.807, 2.05) is 48.5 Å². The molecule has 0 aromatic heterocycles. The van der Waals surface area contributed by atoms with Gasteiger partial charge in [-0.3, -0.25) is 0 Å². The maximum Gasteiger partial charge on any atom is 0.0399 e. The van der Waals surface area contributed by atoms with Crippen molar-refractivity contribution < 1.29 is 0 Å². The van der Waals surface area contributed by atoms with Gasteiger partial charge in [0.1, 0.15) is 0 Å². The molecule has 0 heterocycles. The van der Waals surface area contributed by atoms with Crippen LogP contribution >= 0.6 is 0 Å². The molecule has 0 spiro atoms. The van der Waals surface area contributed by atoms with Gasteiger partial charge in [-0.2, -0.15) is 0 Å². The van der Waals surface area contributed by atoms with E-state index < -0.39 is 0 Å². The molecule has 2 aromatic rings. The maximum absolute atomic E-state index is 5.41. The highest BCUT2D eigenvalue weighted by atomic mass is 14.0.